The second kappa shape index (κ2) is 8.83. The SMILES string of the molecule is Cc1cccc(CNC(=O)N(C)CCCOc2ccccc2)c1. The van der Waals surface area contributed by atoms with E-state index in [-0.39, 0.29) is 6.03 Å². The highest BCUT2D eigenvalue weighted by atomic mass is 16.5. The van der Waals surface area contributed by atoms with Gasteiger partial charge in [0.15, 0.2) is 0 Å². The molecule has 0 fully saturated rings. The maximum atomic E-state index is 12.0. The summed E-state index contributed by atoms with van der Waals surface area (Å²) in [6.07, 6.45) is 0.795. The van der Waals surface area contributed by atoms with Crippen molar-refractivity contribution in [2.45, 2.75) is 19.9 Å². The smallest absolute Gasteiger partial charge is 0.317 e. The van der Waals surface area contributed by atoms with Crippen molar-refractivity contribution in [2.24, 2.45) is 0 Å². The molecule has 0 unspecified atom stereocenters. The third-order valence-corrected chi connectivity index (χ3v) is 3.52. The number of hydrogen-bond acceptors (Lipinski definition) is 2. The van der Waals surface area contributed by atoms with Crippen molar-refractivity contribution in [2.75, 3.05) is 20.2 Å². The van der Waals surface area contributed by atoms with Gasteiger partial charge < -0.3 is 15.0 Å². The lowest BCUT2D eigenvalue weighted by Crippen LogP contribution is -2.37. The Hall–Kier alpha value is -2.49. The fraction of sp³-hybridized carbons (Fsp3) is 0.316. The topological polar surface area (TPSA) is 41.6 Å². The second-order valence-electron chi connectivity index (χ2n) is 5.58. The molecule has 122 valence electrons. The summed E-state index contributed by atoms with van der Waals surface area (Å²) in [5.74, 6) is 0.860. The van der Waals surface area contributed by atoms with Gasteiger partial charge in [0, 0.05) is 20.1 Å². The van der Waals surface area contributed by atoms with Crippen molar-refractivity contribution in [3.8, 4) is 5.75 Å². The number of nitrogens with zero attached hydrogens (tertiary/aromatic N) is 1. The molecule has 0 aliphatic carbocycles. The molecule has 0 heterocycles. The molecule has 0 aliphatic rings. The summed E-state index contributed by atoms with van der Waals surface area (Å²) in [6, 6.07) is 17.8. The van der Waals surface area contributed by atoms with Crippen LogP contribution < -0.4 is 10.1 Å². The van der Waals surface area contributed by atoms with Crippen LogP contribution in [0.25, 0.3) is 0 Å². The van der Waals surface area contributed by atoms with Gasteiger partial charge in [0.1, 0.15) is 5.75 Å². The van der Waals surface area contributed by atoms with Gasteiger partial charge in [-0.15, -0.1) is 0 Å². The summed E-state index contributed by atoms with van der Waals surface area (Å²) in [5, 5.41) is 2.93. The van der Waals surface area contributed by atoms with Crippen LogP contribution in [-0.2, 0) is 6.54 Å². The molecule has 0 spiro atoms. The van der Waals surface area contributed by atoms with Crippen LogP contribution in [0.1, 0.15) is 17.5 Å². The Labute approximate surface area is 138 Å². The van der Waals surface area contributed by atoms with E-state index in [2.05, 4.69) is 11.4 Å². The largest absolute Gasteiger partial charge is 0.494 e. The molecule has 23 heavy (non-hydrogen) atoms. The Morgan fingerprint density at radius 2 is 1.91 bits per heavy atom. The number of urea groups is 1. The number of ether oxygens (including phenoxy) is 1. The van der Waals surface area contributed by atoms with Crippen molar-refractivity contribution in [1.82, 2.24) is 10.2 Å². The van der Waals surface area contributed by atoms with Gasteiger partial charge in [0.2, 0.25) is 0 Å². The van der Waals surface area contributed by atoms with Gasteiger partial charge in [0.05, 0.1) is 6.61 Å². The number of aryl methyl sites for hydroxylation is 1. The van der Waals surface area contributed by atoms with E-state index < -0.39 is 0 Å². The predicted molar refractivity (Wildman–Crippen MR) is 92.6 cm³/mol. The second-order valence-corrected chi connectivity index (χ2v) is 5.58. The lowest BCUT2D eigenvalue weighted by molar-refractivity contribution is 0.203. The Morgan fingerprint density at radius 3 is 2.65 bits per heavy atom. The molecule has 0 saturated carbocycles. The van der Waals surface area contributed by atoms with Crippen molar-refractivity contribution in [3.05, 3.63) is 65.7 Å². The molecule has 1 N–H and O–H groups in total. The summed E-state index contributed by atoms with van der Waals surface area (Å²) < 4.78 is 5.62. The van der Waals surface area contributed by atoms with Crippen LogP contribution in [0, 0.1) is 6.92 Å². The molecule has 2 aromatic carbocycles. The van der Waals surface area contributed by atoms with Crippen LogP contribution in [0.4, 0.5) is 4.79 Å². The Balaban J connectivity index is 1.64. The monoisotopic (exact) mass is 312 g/mol. The van der Waals surface area contributed by atoms with Crippen molar-refractivity contribution in [3.63, 3.8) is 0 Å². The van der Waals surface area contributed by atoms with Crippen LogP contribution in [0.3, 0.4) is 0 Å². The maximum Gasteiger partial charge on any atom is 0.317 e. The first-order chi connectivity index (χ1) is 11.1. The van der Waals surface area contributed by atoms with E-state index in [0.717, 1.165) is 17.7 Å². The number of amides is 2. The maximum absolute atomic E-state index is 12.0. The van der Waals surface area contributed by atoms with Gasteiger partial charge in [-0.05, 0) is 31.0 Å². The number of carbonyl (C=O) groups excluding carboxylic acids is 1. The molecule has 4 heteroatoms. The van der Waals surface area contributed by atoms with E-state index in [9.17, 15) is 4.79 Å². The van der Waals surface area contributed by atoms with Gasteiger partial charge >= 0.3 is 6.03 Å². The van der Waals surface area contributed by atoms with Crippen LogP contribution in [-0.4, -0.2) is 31.1 Å². The average molecular weight is 312 g/mol. The van der Waals surface area contributed by atoms with Crippen molar-refractivity contribution in [1.29, 1.82) is 0 Å². The highest BCUT2D eigenvalue weighted by Gasteiger charge is 2.07. The average Bonchev–Trinajstić information content (AvgIpc) is 2.57. The van der Waals surface area contributed by atoms with Crippen LogP contribution >= 0.6 is 0 Å². The van der Waals surface area contributed by atoms with Gasteiger partial charge in [-0.2, -0.15) is 0 Å². The minimum Gasteiger partial charge on any atom is -0.494 e. The summed E-state index contributed by atoms with van der Waals surface area (Å²) in [4.78, 5) is 13.7. The molecule has 0 saturated heterocycles. The zero-order chi connectivity index (χ0) is 16.5. The fourth-order valence-corrected chi connectivity index (χ4v) is 2.24. The van der Waals surface area contributed by atoms with E-state index in [1.807, 2.05) is 55.5 Å². The Kier molecular flexibility index (Phi) is 6.48. The van der Waals surface area contributed by atoms with Crippen molar-refractivity contribution < 1.29 is 9.53 Å². The lowest BCUT2D eigenvalue weighted by Gasteiger charge is -2.18. The minimum absolute atomic E-state index is 0.0637. The normalized spacial score (nSPS) is 10.2. The number of benzene rings is 2. The van der Waals surface area contributed by atoms with Gasteiger partial charge in [-0.1, -0.05) is 48.0 Å². The highest BCUT2D eigenvalue weighted by Crippen LogP contribution is 2.08. The first kappa shape index (κ1) is 16.9. The molecule has 2 aromatic rings. The molecule has 0 bridgehead atoms. The number of nitrogens with one attached hydrogen (secondary N) is 1. The molecule has 0 atom stereocenters. The molecule has 4 nitrogen and oxygen atoms in total. The summed E-state index contributed by atoms with van der Waals surface area (Å²) in [5.41, 5.74) is 2.31. The third kappa shape index (κ3) is 6.02. The standard InChI is InChI=1S/C19H24N2O2/c1-16-8-6-9-17(14-16)15-20-19(22)21(2)12-7-13-23-18-10-4-3-5-11-18/h3-6,8-11,14H,7,12-13,15H2,1-2H3,(H,20,22). The zero-order valence-corrected chi connectivity index (χ0v) is 13.8. The van der Waals surface area contributed by atoms with Crippen LogP contribution in [0.5, 0.6) is 5.75 Å². The highest BCUT2D eigenvalue weighted by molar-refractivity contribution is 5.73. The van der Waals surface area contributed by atoms with Crippen LogP contribution in [0.15, 0.2) is 54.6 Å². The van der Waals surface area contributed by atoms with Gasteiger partial charge in [-0.3, -0.25) is 0 Å². The third-order valence-electron chi connectivity index (χ3n) is 3.52. The molecule has 0 radical (unpaired) electrons. The van der Waals surface area contributed by atoms with Crippen LogP contribution in [0.2, 0.25) is 0 Å². The lowest BCUT2D eigenvalue weighted by atomic mass is 10.1. The number of hydrogen-bond donors (Lipinski definition) is 1. The predicted octanol–water partition coefficient (Wildman–Crippen LogP) is 3.61. The van der Waals surface area contributed by atoms with E-state index in [1.165, 1.54) is 5.56 Å². The Morgan fingerprint density at radius 1 is 1.13 bits per heavy atom. The quantitative estimate of drug-likeness (QED) is 0.794. The minimum atomic E-state index is -0.0637. The van der Waals surface area contributed by atoms with Gasteiger partial charge in [-0.25, -0.2) is 4.79 Å². The molecule has 2 rings (SSSR count). The summed E-state index contributed by atoms with van der Waals surface area (Å²) in [6.45, 7) is 3.85. The molecule has 0 aromatic heterocycles. The van der Waals surface area contributed by atoms with E-state index >= 15 is 0 Å². The fourth-order valence-electron chi connectivity index (χ4n) is 2.24. The molecule has 2 amide bonds. The van der Waals surface area contributed by atoms with Crippen molar-refractivity contribution >= 4 is 6.03 Å². The van der Waals surface area contributed by atoms with Gasteiger partial charge in [0.25, 0.3) is 0 Å². The summed E-state index contributed by atoms with van der Waals surface area (Å²) >= 11 is 0. The molecule has 0 aliphatic heterocycles. The summed E-state index contributed by atoms with van der Waals surface area (Å²) in [7, 11) is 1.80. The number of rotatable bonds is 7. The van der Waals surface area contributed by atoms with E-state index in [1.54, 1.807) is 11.9 Å². The number of carbonyl (C=O) groups is 1. The Bertz CT molecular complexity index is 614. The molecular formula is C19H24N2O2. The first-order valence-corrected chi connectivity index (χ1v) is 7.87. The number of para-hydroxylation sites is 1. The van der Waals surface area contributed by atoms with E-state index in [0.29, 0.717) is 19.7 Å². The first-order valence-electron chi connectivity index (χ1n) is 7.87. The zero-order valence-electron chi connectivity index (χ0n) is 13.8. The van der Waals surface area contributed by atoms with E-state index in [4.69, 9.17) is 4.74 Å². The molecular weight excluding hydrogens is 288 g/mol.